The Balaban J connectivity index is 3.92. The zero-order chi connectivity index (χ0) is 9.56. The van der Waals surface area contributed by atoms with Crippen molar-refractivity contribution in [2.24, 2.45) is 0 Å². The van der Waals surface area contributed by atoms with Gasteiger partial charge in [-0.25, -0.2) is 4.85 Å². The van der Waals surface area contributed by atoms with Gasteiger partial charge in [0.1, 0.15) is 6.61 Å². The van der Waals surface area contributed by atoms with Crippen molar-refractivity contribution < 1.29 is 9.53 Å². The molecule has 0 fully saturated rings. The minimum Gasteiger partial charge on any atom is -0.465 e. The normalized spacial score (nSPS) is 7.50. The Kier molecular flexibility index (Phi) is 3.89. The molecule has 0 N–H and O–H groups in total. The van der Waals surface area contributed by atoms with Gasteiger partial charge in [-0.15, -0.1) is 0 Å². The zero-order valence-corrected chi connectivity index (χ0v) is 6.33. The average molecular weight is 162 g/mol. The summed E-state index contributed by atoms with van der Waals surface area (Å²) in [4.78, 5) is 13.5. The first-order valence-electron chi connectivity index (χ1n) is 2.93. The number of nitrogens with zero attached hydrogens (tertiary/aromatic N) is 2. The number of hydrogen-bond acceptors (Lipinski definition) is 3. The van der Waals surface area contributed by atoms with Crippen LogP contribution in [0.1, 0.15) is 0 Å². The van der Waals surface area contributed by atoms with E-state index in [2.05, 4.69) is 22.7 Å². The lowest BCUT2D eigenvalue weighted by Crippen LogP contribution is -2.06. The molecule has 0 atom stereocenters. The molecular formula is C8H6N2O2. The van der Waals surface area contributed by atoms with Crippen LogP contribution in [0.2, 0.25) is 0 Å². The highest BCUT2D eigenvalue weighted by Crippen LogP contribution is 1.97. The van der Waals surface area contributed by atoms with E-state index in [-0.39, 0.29) is 17.9 Å². The first kappa shape index (κ1) is 9.93. The molecule has 0 heterocycles. The van der Waals surface area contributed by atoms with Gasteiger partial charge < -0.3 is 4.74 Å². The van der Waals surface area contributed by atoms with Crippen molar-refractivity contribution in [2.45, 2.75) is 0 Å². The standard InChI is InChI=1S/C8H6N2O2/c1-6(4-9)5-12-8(11)7(2)10-3/h1-2,5H2. The van der Waals surface area contributed by atoms with Crippen LogP contribution in [0.5, 0.6) is 0 Å². The lowest BCUT2D eigenvalue weighted by molar-refractivity contribution is -0.137. The van der Waals surface area contributed by atoms with Gasteiger partial charge in [0.05, 0.1) is 18.2 Å². The fourth-order valence-corrected chi connectivity index (χ4v) is 0.314. The van der Waals surface area contributed by atoms with E-state index < -0.39 is 5.97 Å². The molecule has 12 heavy (non-hydrogen) atoms. The van der Waals surface area contributed by atoms with Crippen LogP contribution in [0.15, 0.2) is 24.4 Å². The number of rotatable bonds is 3. The largest absolute Gasteiger partial charge is 0.465 e. The van der Waals surface area contributed by atoms with Gasteiger partial charge in [-0.3, -0.25) is 4.79 Å². The fourth-order valence-electron chi connectivity index (χ4n) is 0.314. The molecule has 0 aliphatic heterocycles. The maximum atomic E-state index is 10.7. The molecule has 0 radical (unpaired) electrons. The van der Waals surface area contributed by atoms with E-state index in [9.17, 15) is 4.79 Å². The maximum Gasteiger partial charge on any atom is 0.335 e. The third kappa shape index (κ3) is 3.19. The summed E-state index contributed by atoms with van der Waals surface area (Å²) >= 11 is 0. The van der Waals surface area contributed by atoms with Crippen molar-refractivity contribution in [1.29, 1.82) is 5.26 Å². The molecule has 0 aromatic carbocycles. The monoisotopic (exact) mass is 162 g/mol. The summed E-state index contributed by atoms with van der Waals surface area (Å²) in [6, 6.07) is 1.70. The van der Waals surface area contributed by atoms with Gasteiger partial charge >= 0.3 is 5.97 Å². The third-order valence-electron chi connectivity index (χ3n) is 0.906. The molecule has 0 saturated heterocycles. The molecule has 0 amide bonds. The highest BCUT2D eigenvalue weighted by molar-refractivity contribution is 5.89. The molecule has 0 unspecified atom stereocenters. The molecule has 0 aromatic rings. The highest BCUT2D eigenvalue weighted by atomic mass is 16.5. The summed E-state index contributed by atoms with van der Waals surface area (Å²) in [6.45, 7) is 12.6. The van der Waals surface area contributed by atoms with E-state index >= 15 is 0 Å². The highest BCUT2D eigenvalue weighted by Gasteiger charge is 2.07. The third-order valence-corrected chi connectivity index (χ3v) is 0.906. The minimum atomic E-state index is -0.818. The lowest BCUT2D eigenvalue weighted by Gasteiger charge is -1.99. The summed E-state index contributed by atoms with van der Waals surface area (Å²) in [5, 5.41) is 8.22. The van der Waals surface area contributed by atoms with Crippen molar-refractivity contribution >= 4 is 5.97 Å². The number of nitriles is 1. The van der Waals surface area contributed by atoms with E-state index in [1.54, 1.807) is 6.07 Å². The van der Waals surface area contributed by atoms with Gasteiger partial charge in [-0.2, -0.15) is 5.26 Å². The summed E-state index contributed by atoms with van der Waals surface area (Å²) in [5.74, 6) is -0.818. The Morgan fingerprint density at radius 1 is 1.67 bits per heavy atom. The number of ether oxygens (including phenoxy) is 1. The molecule has 60 valence electrons. The van der Waals surface area contributed by atoms with Gasteiger partial charge in [0.2, 0.25) is 0 Å². The smallest absolute Gasteiger partial charge is 0.335 e. The van der Waals surface area contributed by atoms with Gasteiger partial charge in [0.15, 0.2) is 0 Å². The molecule has 0 saturated carbocycles. The van der Waals surface area contributed by atoms with Crippen LogP contribution in [-0.4, -0.2) is 12.6 Å². The van der Waals surface area contributed by atoms with Crippen LogP contribution in [0.4, 0.5) is 0 Å². The molecule has 0 spiro atoms. The quantitative estimate of drug-likeness (QED) is 0.269. The van der Waals surface area contributed by atoms with E-state index in [0.717, 1.165) is 0 Å². The van der Waals surface area contributed by atoms with Crippen molar-refractivity contribution in [3.05, 3.63) is 35.8 Å². The number of carbonyl (C=O) groups excluding carboxylic acids is 1. The molecule has 4 nitrogen and oxygen atoms in total. The molecule has 0 rings (SSSR count). The second kappa shape index (κ2) is 4.70. The van der Waals surface area contributed by atoms with Crippen LogP contribution in [0, 0.1) is 17.9 Å². The van der Waals surface area contributed by atoms with Crippen molar-refractivity contribution in [1.82, 2.24) is 0 Å². The topological polar surface area (TPSA) is 54.5 Å². The van der Waals surface area contributed by atoms with Crippen LogP contribution >= 0.6 is 0 Å². The van der Waals surface area contributed by atoms with E-state index in [4.69, 9.17) is 11.8 Å². The van der Waals surface area contributed by atoms with Crippen LogP contribution in [0.3, 0.4) is 0 Å². The van der Waals surface area contributed by atoms with Crippen molar-refractivity contribution in [3.63, 3.8) is 0 Å². The zero-order valence-electron chi connectivity index (χ0n) is 6.33. The van der Waals surface area contributed by atoms with Crippen molar-refractivity contribution in [2.75, 3.05) is 6.61 Å². The predicted octanol–water partition coefficient (Wildman–Crippen LogP) is 1.04. The molecule has 0 bridgehead atoms. The van der Waals surface area contributed by atoms with Crippen LogP contribution in [0.25, 0.3) is 4.85 Å². The second-order valence-electron chi connectivity index (χ2n) is 1.85. The van der Waals surface area contributed by atoms with E-state index in [1.807, 2.05) is 0 Å². The summed E-state index contributed by atoms with van der Waals surface area (Å²) in [6.07, 6.45) is 0. The van der Waals surface area contributed by atoms with Crippen LogP contribution < -0.4 is 0 Å². The Morgan fingerprint density at radius 3 is 2.67 bits per heavy atom. The molecule has 0 aliphatic rings. The first-order chi connectivity index (χ1) is 5.61. The molecular weight excluding hydrogens is 156 g/mol. The average Bonchev–Trinajstić information content (AvgIpc) is 2.11. The fraction of sp³-hybridized carbons (Fsp3) is 0.125. The number of hydrogen-bond donors (Lipinski definition) is 0. The van der Waals surface area contributed by atoms with Gasteiger partial charge in [-0.1, -0.05) is 13.2 Å². The maximum absolute atomic E-state index is 10.7. The minimum absolute atomic E-state index is 0.126. The lowest BCUT2D eigenvalue weighted by atomic mass is 10.4. The number of carbonyl (C=O) groups is 1. The SMILES string of the molecule is [C-]#[N+]C(=C)C(=O)OCC(=C)C#N. The Labute approximate surface area is 70.2 Å². The second-order valence-corrected chi connectivity index (χ2v) is 1.85. The van der Waals surface area contributed by atoms with Gasteiger partial charge in [0.25, 0.3) is 5.70 Å². The molecule has 0 aromatic heterocycles. The van der Waals surface area contributed by atoms with E-state index in [1.165, 1.54) is 0 Å². The Hall–Kier alpha value is -2.07. The van der Waals surface area contributed by atoms with E-state index in [0.29, 0.717) is 0 Å². The summed E-state index contributed by atoms with van der Waals surface area (Å²) < 4.78 is 4.47. The summed E-state index contributed by atoms with van der Waals surface area (Å²) in [7, 11) is 0. The van der Waals surface area contributed by atoms with Crippen LogP contribution in [-0.2, 0) is 9.53 Å². The van der Waals surface area contributed by atoms with Crippen molar-refractivity contribution in [3.8, 4) is 6.07 Å². The van der Waals surface area contributed by atoms with Gasteiger partial charge in [0, 0.05) is 0 Å². The first-order valence-corrected chi connectivity index (χ1v) is 2.93. The Bertz CT molecular complexity index is 304. The Morgan fingerprint density at radius 2 is 2.25 bits per heavy atom. The molecule has 4 heteroatoms. The van der Waals surface area contributed by atoms with Gasteiger partial charge in [-0.05, 0) is 0 Å². The molecule has 0 aliphatic carbocycles. The number of esters is 1. The predicted molar refractivity (Wildman–Crippen MR) is 41.5 cm³/mol. The summed E-state index contributed by atoms with van der Waals surface area (Å²) in [5.41, 5.74) is -0.179.